The lowest BCUT2D eigenvalue weighted by Gasteiger charge is -2.14. The molecule has 1 aliphatic rings. The molecule has 0 radical (unpaired) electrons. The van der Waals surface area contributed by atoms with Gasteiger partial charge < -0.3 is 15.4 Å². The summed E-state index contributed by atoms with van der Waals surface area (Å²) >= 11 is 11.4. The molecule has 0 saturated heterocycles. The Bertz CT molecular complexity index is 718. The second-order valence-corrected chi connectivity index (χ2v) is 6.11. The van der Waals surface area contributed by atoms with Gasteiger partial charge in [0.05, 0.1) is 12.8 Å². The molecule has 0 unspecified atom stereocenters. The topological polar surface area (TPSA) is 33.3 Å². The van der Waals surface area contributed by atoms with Gasteiger partial charge in [-0.15, -0.1) is 0 Å². The van der Waals surface area contributed by atoms with E-state index in [9.17, 15) is 0 Å². The summed E-state index contributed by atoms with van der Waals surface area (Å²) in [4.78, 5) is 0. The zero-order valence-corrected chi connectivity index (χ0v) is 13.9. The highest BCUT2D eigenvalue weighted by Gasteiger charge is 2.11. The molecule has 2 aromatic carbocycles. The van der Waals surface area contributed by atoms with Crippen LogP contribution < -0.4 is 15.4 Å². The summed E-state index contributed by atoms with van der Waals surface area (Å²) in [7, 11) is 1.62. The molecule has 2 N–H and O–H groups in total. The fraction of sp³-hybridized carbons (Fsp3) is 0.235. The Morgan fingerprint density at radius 3 is 2.73 bits per heavy atom. The number of hydrogen-bond acceptors (Lipinski definition) is 2. The van der Waals surface area contributed by atoms with Crippen molar-refractivity contribution < 1.29 is 4.74 Å². The van der Waals surface area contributed by atoms with Gasteiger partial charge in [-0.2, -0.15) is 0 Å². The number of nitrogens with one attached hydrogen (secondary N) is 2. The smallest absolute Gasteiger partial charge is 0.175 e. The highest BCUT2D eigenvalue weighted by Crippen LogP contribution is 2.28. The zero-order valence-electron chi connectivity index (χ0n) is 12.3. The maximum atomic E-state index is 6.02. The van der Waals surface area contributed by atoms with E-state index in [0.717, 1.165) is 17.8 Å². The third-order valence-electron chi connectivity index (χ3n) is 3.77. The lowest BCUT2D eigenvalue weighted by molar-refractivity contribution is 0.417. The van der Waals surface area contributed by atoms with Gasteiger partial charge in [0.15, 0.2) is 5.11 Å². The van der Waals surface area contributed by atoms with Gasteiger partial charge in [0.2, 0.25) is 0 Å². The molecule has 1 aliphatic carbocycles. The van der Waals surface area contributed by atoms with Crippen molar-refractivity contribution >= 4 is 40.3 Å². The maximum Gasteiger partial charge on any atom is 0.175 e. The first-order valence-corrected chi connectivity index (χ1v) is 7.97. The molecule has 0 amide bonds. The van der Waals surface area contributed by atoms with Crippen LogP contribution in [-0.4, -0.2) is 12.2 Å². The van der Waals surface area contributed by atoms with Crippen LogP contribution in [0.5, 0.6) is 5.75 Å². The minimum Gasteiger partial charge on any atom is -0.495 e. The summed E-state index contributed by atoms with van der Waals surface area (Å²) in [5.74, 6) is 0.697. The molecule has 0 bridgehead atoms. The predicted octanol–water partition coefficient (Wildman–Crippen LogP) is 4.65. The van der Waals surface area contributed by atoms with Gasteiger partial charge in [-0.25, -0.2) is 0 Å². The first-order chi connectivity index (χ1) is 10.7. The molecule has 0 aromatic heterocycles. The fourth-order valence-corrected chi connectivity index (χ4v) is 3.11. The Morgan fingerprint density at radius 1 is 1.09 bits per heavy atom. The Morgan fingerprint density at radius 2 is 1.91 bits per heavy atom. The molecule has 0 atom stereocenters. The first kappa shape index (κ1) is 15.1. The van der Waals surface area contributed by atoms with E-state index in [0.29, 0.717) is 15.9 Å². The van der Waals surface area contributed by atoms with Gasteiger partial charge in [-0.3, -0.25) is 0 Å². The largest absolute Gasteiger partial charge is 0.495 e. The number of halogens is 1. The monoisotopic (exact) mass is 332 g/mol. The number of hydrogen-bond donors (Lipinski definition) is 2. The number of aryl methyl sites for hydroxylation is 2. The van der Waals surface area contributed by atoms with Crippen molar-refractivity contribution in [3.05, 3.63) is 52.5 Å². The van der Waals surface area contributed by atoms with Crippen molar-refractivity contribution in [1.82, 2.24) is 0 Å². The number of anilines is 2. The van der Waals surface area contributed by atoms with E-state index in [1.54, 1.807) is 19.2 Å². The van der Waals surface area contributed by atoms with Crippen molar-refractivity contribution in [3.63, 3.8) is 0 Å². The Hall–Kier alpha value is -1.78. The van der Waals surface area contributed by atoms with Crippen molar-refractivity contribution in [1.29, 1.82) is 0 Å². The summed E-state index contributed by atoms with van der Waals surface area (Å²) in [5.41, 5.74) is 4.60. The maximum absolute atomic E-state index is 6.02. The van der Waals surface area contributed by atoms with E-state index in [-0.39, 0.29) is 0 Å². The number of rotatable bonds is 3. The van der Waals surface area contributed by atoms with Crippen molar-refractivity contribution in [2.75, 3.05) is 17.7 Å². The van der Waals surface area contributed by atoms with E-state index in [1.165, 1.54) is 24.0 Å². The van der Waals surface area contributed by atoms with Crippen LogP contribution in [0.15, 0.2) is 36.4 Å². The summed E-state index contributed by atoms with van der Waals surface area (Å²) in [5, 5.41) is 7.48. The Labute approximate surface area is 140 Å². The molecule has 0 saturated carbocycles. The van der Waals surface area contributed by atoms with E-state index < -0.39 is 0 Å². The number of ether oxygens (including phenoxy) is 1. The summed E-state index contributed by atoms with van der Waals surface area (Å²) in [6.07, 6.45) is 3.56. The molecule has 3 rings (SSSR count). The predicted molar refractivity (Wildman–Crippen MR) is 96.3 cm³/mol. The second kappa shape index (κ2) is 6.55. The molecule has 22 heavy (non-hydrogen) atoms. The highest BCUT2D eigenvalue weighted by molar-refractivity contribution is 7.80. The Kier molecular flexibility index (Phi) is 4.50. The van der Waals surface area contributed by atoms with Gasteiger partial charge in [-0.1, -0.05) is 17.7 Å². The molecule has 5 heteroatoms. The van der Waals surface area contributed by atoms with Gasteiger partial charge in [0.1, 0.15) is 5.75 Å². The lowest BCUT2D eigenvalue weighted by atomic mass is 10.1. The lowest BCUT2D eigenvalue weighted by Crippen LogP contribution is -2.19. The van der Waals surface area contributed by atoms with Crippen LogP contribution in [0.3, 0.4) is 0 Å². The standard InChI is InChI=1S/C17H17ClN2OS/c1-21-16-8-6-13(18)10-15(16)20-17(22)19-14-7-5-11-3-2-4-12(11)9-14/h5-10H,2-4H2,1H3,(H2,19,20,22). The average molecular weight is 333 g/mol. The molecule has 2 aromatic rings. The third-order valence-corrected chi connectivity index (χ3v) is 4.21. The minimum absolute atomic E-state index is 0.513. The minimum atomic E-state index is 0.513. The molecule has 0 heterocycles. The summed E-state index contributed by atoms with van der Waals surface area (Å²) in [6, 6.07) is 11.8. The van der Waals surface area contributed by atoms with E-state index in [4.69, 9.17) is 28.6 Å². The van der Waals surface area contributed by atoms with E-state index in [1.807, 2.05) is 6.07 Å². The molecular formula is C17H17ClN2OS. The van der Waals surface area contributed by atoms with Crippen LogP contribution in [0, 0.1) is 0 Å². The SMILES string of the molecule is COc1ccc(Cl)cc1NC(=S)Nc1ccc2c(c1)CCC2. The van der Waals surface area contributed by atoms with E-state index >= 15 is 0 Å². The number of benzene rings is 2. The van der Waals surface area contributed by atoms with Gasteiger partial charge in [0, 0.05) is 10.7 Å². The third kappa shape index (κ3) is 3.34. The van der Waals surface area contributed by atoms with Crippen molar-refractivity contribution in [2.45, 2.75) is 19.3 Å². The van der Waals surface area contributed by atoms with E-state index in [2.05, 4.69) is 28.8 Å². The molecule has 0 aliphatic heterocycles. The van der Waals surface area contributed by atoms with Crippen molar-refractivity contribution in [2.24, 2.45) is 0 Å². The highest BCUT2D eigenvalue weighted by atomic mass is 35.5. The van der Waals surface area contributed by atoms with Crippen LogP contribution in [0.25, 0.3) is 0 Å². The van der Waals surface area contributed by atoms with Gasteiger partial charge in [0.25, 0.3) is 0 Å². The average Bonchev–Trinajstić information content (AvgIpc) is 2.95. The number of methoxy groups -OCH3 is 1. The number of fused-ring (bicyclic) bond motifs is 1. The fourth-order valence-electron chi connectivity index (χ4n) is 2.71. The quantitative estimate of drug-likeness (QED) is 0.802. The molecule has 114 valence electrons. The molecule has 3 nitrogen and oxygen atoms in total. The van der Waals surface area contributed by atoms with Gasteiger partial charge in [-0.05, 0) is 72.9 Å². The Balaban J connectivity index is 1.71. The normalized spacial score (nSPS) is 12.6. The number of thiocarbonyl (C=S) groups is 1. The second-order valence-electron chi connectivity index (χ2n) is 5.26. The van der Waals surface area contributed by atoms with Crippen LogP contribution in [0.1, 0.15) is 17.5 Å². The molecule has 0 fully saturated rings. The molecular weight excluding hydrogens is 316 g/mol. The van der Waals surface area contributed by atoms with Crippen LogP contribution >= 0.6 is 23.8 Å². The van der Waals surface area contributed by atoms with Crippen LogP contribution in [0.2, 0.25) is 5.02 Å². The first-order valence-electron chi connectivity index (χ1n) is 7.19. The van der Waals surface area contributed by atoms with Crippen LogP contribution in [0.4, 0.5) is 11.4 Å². The summed E-state index contributed by atoms with van der Waals surface area (Å²) in [6.45, 7) is 0. The molecule has 0 spiro atoms. The van der Waals surface area contributed by atoms with Crippen LogP contribution in [-0.2, 0) is 12.8 Å². The van der Waals surface area contributed by atoms with Crippen molar-refractivity contribution in [3.8, 4) is 5.75 Å². The summed E-state index contributed by atoms with van der Waals surface area (Å²) < 4.78 is 5.30. The van der Waals surface area contributed by atoms with Gasteiger partial charge >= 0.3 is 0 Å². The zero-order chi connectivity index (χ0) is 15.5.